The first-order valence-electron chi connectivity index (χ1n) is 9.99. The van der Waals surface area contributed by atoms with Crippen LogP contribution in [0.15, 0.2) is 42.5 Å². The summed E-state index contributed by atoms with van der Waals surface area (Å²) in [6, 6.07) is 12.2. The van der Waals surface area contributed by atoms with Crippen LogP contribution in [0.1, 0.15) is 47.1 Å². The van der Waals surface area contributed by atoms with Gasteiger partial charge in [0.15, 0.2) is 5.69 Å². The van der Waals surface area contributed by atoms with E-state index in [-0.39, 0.29) is 11.7 Å². The highest BCUT2D eigenvalue weighted by Gasteiger charge is 2.28. The van der Waals surface area contributed by atoms with Crippen LogP contribution in [0.4, 0.5) is 10.1 Å². The highest BCUT2D eigenvalue weighted by Crippen LogP contribution is 2.31. The predicted molar refractivity (Wildman–Crippen MR) is 110 cm³/mol. The van der Waals surface area contributed by atoms with Gasteiger partial charge in [-0.1, -0.05) is 25.1 Å². The van der Waals surface area contributed by atoms with Gasteiger partial charge >= 0.3 is 0 Å². The van der Waals surface area contributed by atoms with E-state index in [1.165, 1.54) is 6.07 Å². The molecule has 0 radical (unpaired) electrons. The monoisotopic (exact) mass is 393 g/mol. The van der Waals surface area contributed by atoms with Crippen molar-refractivity contribution in [3.8, 4) is 11.4 Å². The molecule has 1 aromatic heterocycles. The summed E-state index contributed by atoms with van der Waals surface area (Å²) >= 11 is 0. The molecule has 0 saturated carbocycles. The Kier molecular flexibility index (Phi) is 5.34. The van der Waals surface area contributed by atoms with Crippen molar-refractivity contribution in [1.82, 2.24) is 9.78 Å². The lowest BCUT2D eigenvalue weighted by Gasteiger charge is -2.12. The summed E-state index contributed by atoms with van der Waals surface area (Å²) in [5.41, 5.74) is 4.19. The van der Waals surface area contributed by atoms with Crippen LogP contribution >= 0.6 is 0 Å². The molecule has 0 unspecified atom stereocenters. The van der Waals surface area contributed by atoms with Gasteiger partial charge in [0, 0.05) is 11.3 Å². The molecule has 0 spiro atoms. The van der Waals surface area contributed by atoms with Gasteiger partial charge in [-0.25, -0.2) is 9.07 Å². The second-order valence-corrected chi connectivity index (χ2v) is 7.29. The summed E-state index contributed by atoms with van der Waals surface area (Å²) in [7, 11) is 0. The van der Waals surface area contributed by atoms with Crippen molar-refractivity contribution in [2.45, 2.75) is 39.5 Å². The number of aryl methyl sites for hydroxylation is 1. The van der Waals surface area contributed by atoms with Crippen LogP contribution in [0.3, 0.4) is 0 Å². The van der Waals surface area contributed by atoms with Crippen LogP contribution in [0, 0.1) is 12.7 Å². The lowest BCUT2D eigenvalue weighted by molar-refractivity contribution is 0.102. The maximum Gasteiger partial charge on any atom is 0.276 e. The molecule has 150 valence electrons. The maximum atomic E-state index is 14.3. The van der Waals surface area contributed by atoms with Crippen molar-refractivity contribution >= 4 is 11.6 Å². The fourth-order valence-corrected chi connectivity index (χ4v) is 3.69. The molecule has 3 aromatic rings. The van der Waals surface area contributed by atoms with Crippen molar-refractivity contribution < 1.29 is 13.9 Å². The molecule has 29 heavy (non-hydrogen) atoms. The van der Waals surface area contributed by atoms with E-state index in [0.29, 0.717) is 29.4 Å². The van der Waals surface area contributed by atoms with E-state index in [4.69, 9.17) is 4.74 Å². The molecule has 1 N–H and O–H groups in total. The molecule has 1 amide bonds. The standard InChI is InChI=1S/C23H24FN3O2/c1-3-13-29-21-14-15(2)11-12-18(21)25-23(28)22-16-7-6-10-19(16)27(26-22)20-9-5-4-8-17(20)24/h4-5,8-9,11-12,14H,3,6-7,10,13H2,1-2H3,(H,25,28). The number of nitrogens with zero attached hydrogens (tertiary/aromatic N) is 2. The fourth-order valence-electron chi connectivity index (χ4n) is 3.69. The molecule has 0 fully saturated rings. The van der Waals surface area contributed by atoms with E-state index in [1.807, 2.05) is 32.0 Å². The van der Waals surface area contributed by atoms with Gasteiger partial charge in [-0.05, 0) is 62.4 Å². The van der Waals surface area contributed by atoms with Crippen LogP contribution in [-0.4, -0.2) is 22.3 Å². The molecular weight excluding hydrogens is 369 g/mol. The third kappa shape index (κ3) is 3.75. The topological polar surface area (TPSA) is 56.1 Å². The fraction of sp³-hybridized carbons (Fsp3) is 0.304. The van der Waals surface area contributed by atoms with E-state index < -0.39 is 0 Å². The SMILES string of the molecule is CCCOc1cc(C)ccc1NC(=O)c1nn(-c2ccccc2F)c2c1CCC2. The number of rotatable bonds is 6. The molecule has 1 aliphatic rings. The van der Waals surface area contributed by atoms with Crippen molar-refractivity contribution in [2.75, 3.05) is 11.9 Å². The van der Waals surface area contributed by atoms with E-state index in [9.17, 15) is 9.18 Å². The summed E-state index contributed by atoms with van der Waals surface area (Å²) in [4.78, 5) is 13.1. The molecule has 5 nitrogen and oxygen atoms in total. The summed E-state index contributed by atoms with van der Waals surface area (Å²) < 4.78 is 21.7. The van der Waals surface area contributed by atoms with E-state index in [0.717, 1.165) is 42.5 Å². The average molecular weight is 393 g/mol. The van der Waals surface area contributed by atoms with Crippen molar-refractivity contribution in [3.05, 3.63) is 70.8 Å². The minimum atomic E-state index is -0.356. The lowest BCUT2D eigenvalue weighted by Crippen LogP contribution is -2.16. The molecule has 4 rings (SSSR count). The Hall–Kier alpha value is -3.15. The number of ether oxygens (including phenoxy) is 1. The van der Waals surface area contributed by atoms with Gasteiger partial charge in [-0.3, -0.25) is 4.79 Å². The summed E-state index contributed by atoms with van der Waals surface area (Å²) in [6.45, 7) is 4.59. The van der Waals surface area contributed by atoms with Crippen molar-refractivity contribution in [3.63, 3.8) is 0 Å². The Morgan fingerprint density at radius 1 is 1.24 bits per heavy atom. The van der Waals surface area contributed by atoms with Crippen LogP contribution < -0.4 is 10.1 Å². The number of carbonyl (C=O) groups excluding carboxylic acids is 1. The predicted octanol–water partition coefficient (Wildman–Crippen LogP) is 4.85. The zero-order valence-corrected chi connectivity index (χ0v) is 16.7. The second kappa shape index (κ2) is 8.07. The molecule has 0 saturated heterocycles. The minimum absolute atomic E-state index is 0.302. The van der Waals surface area contributed by atoms with E-state index in [2.05, 4.69) is 10.4 Å². The van der Waals surface area contributed by atoms with Crippen LogP contribution in [0.25, 0.3) is 5.69 Å². The number of amides is 1. The van der Waals surface area contributed by atoms with Crippen LogP contribution in [0.2, 0.25) is 0 Å². The number of hydrogen-bond acceptors (Lipinski definition) is 3. The van der Waals surface area contributed by atoms with Gasteiger partial charge < -0.3 is 10.1 Å². The number of hydrogen-bond donors (Lipinski definition) is 1. The van der Waals surface area contributed by atoms with Crippen LogP contribution in [-0.2, 0) is 12.8 Å². The first-order valence-corrected chi connectivity index (χ1v) is 9.99. The summed E-state index contributed by atoms with van der Waals surface area (Å²) in [5.74, 6) is -0.0146. The first kappa shape index (κ1) is 19.2. The van der Waals surface area contributed by atoms with Crippen LogP contribution in [0.5, 0.6) is 5.75 Å². The molecule has 0 aliphatic heterocycles. The number of anilines is 1. The quantitative estimate of drug-likeness (QED) is 0.651. The van der Waals surface area contributed by atoms with Gasteiger partial charge in [0.2, 0.25) is 0 Å². The Labute approximate surface area is 169 Å². The smallest absolute Gasteiger partial charge is 0.276 e. The Bertz CT molecular complexity index is 1060. The van der Waals surface area contributed by atoms with E-state index in [1.54, 1.807) is 22.9 Å². The first-order chi connectivity index (χ1) is 14.1. The van der Waals surface area contributed by atoms with Gasteiger partial charge in [0.1, 0.15) is 17.3 Å². The van der Waals surface area contributed by atoms with Crippen molar-refractivity contribution in [1.29, 1.82) is 0 Å². The summed E-state index contributed by atoms with van der Waals surface area (Å²) in [5, 5.41) is 7.43. The molecule has 6 heteroatoms. The molecule has 1 heterocycles. The van der Waals surface area contributed by atoms with Gasteiger partial charge in [0.25, 0.3) is 5.91 Å². The highest BCUT2D eigenvalue weighted by molar-refractivity contribution is 6.05. The zero-order valence-electron chi connectivity index (χ0n) is 16.7. The Balaban J connectivity index is 1.67. The number of para-hydroxylation sites is 1. The largest absolute Gasteiger partial charge is 0.491 e. The number of nitrogens with one attached hydrogen (secondary N) is 1. The average Bonchev–Trinajstić information content (AvgIpc) is 3.31. The second-order valence-electron chi connectivity index (χ2n) is 7.29. The third-order valence-corrected chi connectivity index (χ3v) is 5.07. The van der Waals surface area contributed by atoms with Crippen molar-refractivity contribution in [2.24, 2.45) is 0 Å². The van der Waals surface area contributed by atoms with Gasteiger partial charge in [-0.15, -0.1) is 0 Å². The highest BCUT2D eigenvalue weighted by atomic mass is 19.1. The number of aromatic nitrogens is 2. The number of benzene rings is 2. The minimum Gasteiger partial charge on any atom is -0.491 e. The Morgan fingerprint density at radius 2 is 2.07 bits per heavy atom. The lowest BCUT2D eigenvalue weighted by atomic mass is 10.1. The molecule has 2 aromatic carbocycles. The van der Waals surface area contributed by atoms with E-state index >= 15 is 0 Å². The van der Waals surface area contributed by atoms with Gasteiger partial charge in [-0.2, -0.15) is 5.10 Å². The normalized spacial score (nSPS) is 12.7. The number of halogens is 1. The number of fused-ring (bicyclic) bond motifs is 1. The maximum absolute atomic E-state index is 14.3. The molecular formula is C23H24FN3O2. The number of carbonyl (C=O) groups is 1. The third-order valence-electron chi connectivity index (χ3n) is 5.07. The summed E-state index contributed by atoms with van der Waals surface area (Å²) in [6.07, 6.45) is 3.35. The molecule has 1 aliphatic carbocycles. The van der Waals surface area contributed by atoms with Gasteiger partial charge in [0.05, 0.1) is 12.3 Å². The Morgan fingerprint density at radius 3 is 2.86 bits per heavy atom. The molecule has 0 bridgehead atoms. The zero-order chi connectivity index (χ0) is 20.4. The molecule has 0 atom stereocenters.